The lowest BCUT2D eigenvalue weighted by Crippen LogP contribution is -2.04. The van der Waals surface area contributed by atoms with Gasteiger partial charge in [-0.2, -0.15) is 0 Å². The van der Waals surface area contributed by atoms with Crippen LogP contribution in [0.4, 0.5) is 16.0 Å². The number of imidazole rings is 1. The van der Waals surface area contributed by atoms with E-state index in [0.717, 1.165) is 19.4 Å². The van der Waals surface area contributed by atoms with Crippen LogP contribution >= 0.6 is 23.2 Å². The maximum atomic E-state index is 13.1. The van der Waals surface area contributed by atoms with Gasteiger partial charge in [-0.1, -0.05) is 36.5 Å². The maximum Gasteiger partial charge on any atom is 0.207 e. The van der Waals surface area contributed by atoms with Gasteiger partial charge in [-0.25, -0.2) is 9.37 Å². The predicted octanol–water partition coefficient (Wildman–Crippen LogP) is 4.87. The Hall–Kier alpha value is -1.26. The molecule has 0 radical (unpaired) electrons. The number of aromatic nitrogens is 2. The Balaban J connectivity index is 2.24. The molecule has 2 rings (SSSR count). The minimum atomic E-state index is -0.463. The van der Waals surface area contributed by atoms with Crippen molar-refractivity contribution in [3.05, 3.63) is 40.4 Å². The number of benzene rings is 1. The fraction of sp³-hybridized carbons (Fsp3) is 0.308. The zero-order chi connectivity index (χ0) is 13.8. The molecule has 6 heteroatoms. The van der Waals surface area contributed by atoms with Gasteiger partial charge < -0.3 is 9.88 Å². The molecule has 0 saturated carbocycles. The molecule has 1 N–H and O–H groups in total. The highest BCUT2D eigenvalue weighted by atomic mass is 35.5. The standard InChI is InChI=1S/C13H14Cl2FN3/c1-2-3-5-19-6-4-17-13(19)18-12-10(14)7-9(16)8-11(12)15/h4,6-8H,2-3,5H2,1H3,(H,17,18). The molecule has 3 nitrogen and oxygen atoms in total. The molecule has 1 aromatic heterocycles. The third-order valence-electron chi connectivity index (χ3n) is 2.71. The van der Waals surface area contributed by atoms with Crippen LogP contribution in [0.2, 0.25) is 10.0 Å². The largest absolute Gasteiger partial charge is 0.323 e. The van der Waals surface area contributed by atoms with Crippen LogP contribution in [0.1, 0.15) is 19.8 Å². The van der Waals surface area contributed by atoms with Gasteiger partial charge in [-0.15, -0.1) is 0 Å². The second-order valence-corrected chi connectivity index (χ2v) is 4.98. The average molecular weight is 302 g/mol. The van der Waals surface area contributed by atoms with Crippen LogP contribution in [0.3, 0.4) is 0 Å². The molecule has 0 aliphatic carbocycles. The summed E-state index contributed by atoms with van der Waals surface area (Å²) >= 11 is 12.0. The molecular formula is C13H14Cl2FN3. The zero-order valence-corrected chi connectivity index (χ0v) is 12.0. The molecule has 0 atom stereocenters. The topological polar surface area (TPSA) is 29.9 Å². The Kier molecular flexibility index (Phi) is 4.66. The Morgan fingerprint density at radius 1 is 1.32 bits per heavy atom. The van der Waals surface area contributed by atoms with Crippen molar-refractivity contribution >= 4 is 34.8 Å². The molecular weight excluding hydrogens is 288 g/mol. The summed E-state index contributed by atoms with van der Waals surface area (Å²) in [4.78, 5) is 4.21. The summed E-state index contributed by atoms with van der Waals surface area (Å²) in [7, 11) is 0. The number of unbranched alkanes of at least 4 members (excludes halogenated alkanes) is 1. The van der Waals surface area contributed by atoms with Crippen molar-refractivity contribution in [2.45, 2.75) is 26.3 Å². The minimum Gasteiger partial charge on any atom is -0.323 e. The first-order valence-electron chi connectivity index (χ1n) is 6.04. The lowest BCUT2D eigenvalue weighted by Gasteiger charge is -2.12. The lowest BCUT2D eigenvalue weighted by molar-refractivity contribution is 0.628. The molecule has 0 aliphatic rings. The molecule has 0 aliphatic heterocycles. The molecule has 1 aromatic carbocycles. The van der Waals surface area contributed by atoms with Crippen molar-refractivity contribution in [3.63, 3.8) is 0 Å². The Bertz CT molecular complexity index is 546. The first kappa shape index (κ1) is 14.2. The maximum absolute atomic E-state index is 13.1. The Morgan fingerprint density at radius 3 is 2.63 bits per heavy atom. The highest BCUT2D eigenvalue weighted by Crippen LogP contribution is 2.33. The monoisotopic (exact) mass is 301 g/mol. The second kappa shape index (κ2) is 6.26. The van der Waals surface area contributed by atoms with Gasteiger partial charge in [0.2, 0.25) is 5.95 Å². The van der Waals surface area contributed by atoms with Gasteiger partial charge in [0.15, 0.2) is 0 Å². The van der Waals surface area contributed by atoms with Gasteiger partial charge in [-0.3, -0.25) is 0 Å². The Labute approximate surface area is 121 Å². The number of hydrogen-bond acceptors (Lipinski definition) is 2. The molecule has 2 aromatic rings. The fourth-order valence-corrected chi connectivity index (χ4v) is 2.27. The first-order chi connectivity index (χ1) is 9.11. The fourth-order valence-electron chi connectivity index (χ4n) is 1.72. The number of nitrogens with zero attached hydrogens (tertiary/aromatic N) is 2. The van der Waals surface area contributed by atoms with Crippen LogP contribution in [0.5, 0.6) is 0 Å². The number of aryl methyl sites for hydroxylation is 1. The molecule has 0 bridgehead atoms. The van der Waals surface area contributed by atoms with Crippen molar-refractivity contribution in [2.75, 3.05) is 5.32 Å². The summed E-state index contributed by atoms with van der Waals surface area (Å²) in [6, 6.07) is 2.43. The van der Waals surface area contributed by atoms with E-state index in [9.17, 15) is 4.39 Å². The van der Waals surface area contributed by atoms with E-state index in [0.29, 0.717) is 11.6 Å². The van der Waals surface area contributed by atoms with E-state index in [2.05, 4.69) is 17.2 Å². The van der Waals surface area contributed by atoms with Crippen molar-refractivity contribution < 1.29 is 4.39 Å². The van der Waals surface area contributed by atoms with Gasteiger partial charge >= 0.3 is 0 Å². The third kappa shape index (κ3) is 3.39. The van der Waals surface area contributed by atoms with Crippen molar-refractivity contribution in [1.29, 1.82) is 0 Å². The van der Waals surface area contributed by atoms with Crippen LogP contribution in [0, 0.1) is 5.82 Å². The highest BCUT2D eigenvalue weighted by molar-refractivity contribution is 6.39. The van der Waals surface area contributed by atoms with E-state index < -0.39 is 5.82 Å². The second-order valence-electron chi connectivity index (χ2n) is 4.17. The summed E-state index contributed by atoms with van der Waals surface area (Å²) in [5.74, 6) is 0.179. The van der Waals surface area contributed by atoms with Gasteiger partial charge in [-0.05, 0) is 18.6 Å². The SMILES string of the molecule is CCCCn1ccnc1Nc1c(Cl)cc(F)cc1Cl. The van der Waals surface area contributed by atoms with E-state index in [4.69, 9.17) is 23.2 Å². The molecule has 0 fully saturated rings. The number of anilines is 2. The average Bonchev–Trinajstić information content (AvgIpc) is 2.78. The molecule has 0 amide bonds. The van der Waals surface area contributed by atoms with Crippen molar-refractivity contribution in [2.24, 2.45) is 0 Å². The molecule has 19 heavy (non-hydrogen) atoms. The summed E-state index contributed by atoms with van der Waals surface area (Å²) in [5, 5.41) is 3.51. The predicted molar refractivity (Wildman–Crippen MR) is 76.8 cm³/mol. The van der Waals surface area contributed by atoms with E-state index >= 15 is 0 Å². The van der Waals surface area contributed by atoms with Crippen LogP contribution in [-0.2, 0) is 6.54 Å². The number of nitrogens with one attached hydrogen (secondary N) is 1. The quantitative estimate of drug-likeness (QED) is 0.853. The van der Waals surface area contributed by atoms with Crippen LogP contribution in [0.25, 0.3) is 0 Å². The third-order valence-corrected chi connectivity index (χ3v) is 3.31. The van der Waals surface area contributed by atoms with E-state index in [1.54, 1.807) is 6.20 Å². The van der Waals surface area contributed by atoms with Crippen molar-refractivity contribution in [1.82, 2.24) is 9.55 Å². The molecule has 0 saturated heterocycles. The first-order valence-corrected chi connectivity index (χ1v) is 6.80. The van der Waals surface area contributed by atoms with Gasteiger partial charge in [0, 0.05) is 18.9 Å². The number of hydrogen-bond donors (Lipinski definition) is 1. The minimum absolute atomic E-state index is 0.232. The van der Waals surface area contributed by atoms with Crippen LogP contribution in [-0.4, -0.2) is 9.55 Å². The highest BCUT2D eigenvalue weighted by Gasteiger charge is 2.11. The molecule has 102 valence electrons. The van der Waals surface area contributed by atoms with Gasteiger partial charge in [0.25, 0.3) is 0 Å². The van der Waals surface area contributed by atoms with Crippen LogP contribution in [0.15, 0.2) is 24.5 Å². The van der Waals surface area contributed by atoms with Crippen molar-refractivity contribution in [3.8, 4) is 0 Å². The van der Waals surface area contributed by atoms with E-state index in [1.165, 1.54) is 12.1 Å². The smallest absolute Gasteiger partial charge is 0.207 e. The summed E-state index contributed by atoms with van der Waals surface area (Å²) in [6.07, 6.45) is 5.72. The number of halogens is 3. The van der Waals surface area contributed by atoms with Crippen LogP contribution < -0.4 is 5.32 Å². The molecule has 1 heterocycles. The molecule has 0 unspecified atom stereocenters. The van der Waals surface area contributed by atoms with E-state index in [-0.39, 0.29) is 10.0 Å². The van der Waals surface area contributed by atoms with Gasteiger partial charge in [0.05, 0.1) is 15.7 Å². The normalized spacial score (nSPS) is 10.7. The summed E-state index contributed by atoms with van der Waals surface area (Å²) < 4.78 is 15.1. The van der Waals surface area contributed by atoms with E-state index in [1.807, 2.05) is 10.8 Å². The Morgan fingerprint density at radius 2 is 2.00 bits per heavy atom. The summed E-state index contributed by atoms with van der Waals surface area (Å²) in [6.45, 7) is 2.98. The molecule has 0 spiro atoms. The summed E-state index contributed by atoms with van der Waals surface area (Å²) in [5.41, 5.74) is 0.466. The lowest BCUT2D eigenvalue weighted by atomic mass is 10.3. The zero-order valence-electron chi connectivity index (χ0n) is 10.5. The van der Waals surface area contributed by atoms with Gasteiger partial charge in [0.1, 0.15) is 5.82 Å². The number of rotatable bonds is 5.